The molecular weight excluding hydrogens is 993 g/mol. The molecular formula is C78H70Si2. The number of hydrogen-bond donors (Lipinski definition) is 0. The molecule has 2 fully saturated rings. The Bertz CT molecular complexity index is 3820. The molecule has 4 unspecified atom stereocenters. The molecule has 390 valence electrons. The van der Waals surface area contributed by atoms with Crippen LogP contribution in [0.3, 0.4) is 0 Å². The molecule has 2 heteroatoms. The predicted molar refractivity (Wildman–Crippen MR) is 347 cm³/mol. The van der Waals surface area contributed by atoms with Crippen molar-refractivity contribution in [2.24, 2.45) is 0 Å². The Labute approximate surface area is 476 Å². The van der Waals surface area contributed by atoms with Crippen molar-refractivity contribution in [1.29, 1.82) is 0 Å². The fraction of sp³-hybridized carbons (Fsp3) is 0.205. The van der Waals surface area contributed by atoms with E-state index in [1.807, 2.05) is 0 Å². The highest BCUT2D eigenvalue weighted by Crippen LogP contribution is 2.67. The molecule has 0 spiro atoms. The van der Waals surface area contributed by atoms with Gasteiger partial charge in [-0.3, -0.25) is 0 Å². The van der Waals surface area contributed by atoms with E-state index < -0.39 is 16.1 Å². The Kier molecular flexibility index (Phi) is 11.4. The molecule has 0 bridgehead atoms. The van der Waals surface area contributed by atoms with E-state index in [0.29, 0.717) is 0 Å². The van der Waals surface area contributed by atoms with Crippen molar-refractivity contribution in [1.82, 2.24) is 0 Å². The van der Waals surface area contributed by atoms with Gasteiger partial charge in [0.15, 0.2) is 16.1 Å². The van der Waals surface area contributed by atoms with Crippen molar-refractivity contribution < 1.29 is 0 Å². The third-order valence-electron chi connectivity index (χ3n) is 22.1. The molecule has 0 N–H and O–H groups in total. The van der Waals surface area contributed by atoms with E-state index in [-0.39, 0.29) is 20.9 Å². The van der Waals surface area contributed by atoms with Crippen molar-refractivity contribution in [3.8, 4) is 44.5 Å². The molecule has 2 aliphatic carbocycles. The highest BCUT2D eigenvalue weighted by atomic mass is 28.3. The third-order valence-corrected chi connectivity index (χ3v) is 34.3. The van der Waals surface area contributed by atoms with Crippen LogP contribution in [0.5, 0.6) is 0 Å². The Balaban J connectivity index is 0.943. The van der Waals surface area contributed by atoms with Crippen LogP contribution in [0.25, 0.3) is 66.1 Å². The number of fused-ring (bicyclic) bond motifs is 8. The topological polar surface area (TPSA) is 0 Å². The van der Waals surface area contributed by atoms with E-state index in [9.17, 15) is 0 Å². The SMILES string of the molecule is CC12CCCCC1(C)[Si](c1ccccc1)(c1ccccc1)c1ccc(-c3ccc4c(-c5ccccc5)c5cc(-c6ccc7c(c6)C6(C)CCCCC6(C)[Si]7(c6ccccc6)c6ccccc6)ccc5c(-c5ccccc5)c4c3)cc12. The van der Waals surface area contributed by atoms with Gasteiger partial charge in [0.1, 0.15) is 0 Å². The van der Waals surface area contributed by atoms with Crippen molar-refractivity contribution in [2.45, 2.75) is 100.0 Å². The van der Waals surface area contributed by atoms with Crippen LogP contribution in [-0.2, 0) is 10.8 Å². The molecule has 15 rings (SSSR count). The second-order valence-corrected chi connectivity index (χ2v) is 33.8. The molecule has 0 amide bonds. The van der Waals surface area contributed by atoms with E-state index in [2.05, 4.69) is 282 Å². The summed E-state index contributed by atoms with van der Waals surface area (Å²) in [5.41, 5.74) is 13.5. The number of rotatable bonds is 8. The van der Waals surface area contributed by atoms with Crippen LogP contribution in [0.1, 0.15) is 90.2 Å². The van der Waals surface area contributed by atoms with Crippen molar-refractivity contribution >= 4 is 68.8 Å². The third kappa shape index (κ3) is 6.61. The van der Waals surface area contributed by atoms with E-state index >= 15 is 0 Å². The second-order valence-electron chi connectivity index (χ2n) is 25.2. The molecule has 2 heterocycles. The largest absolute Gasteiger partial charge is 0.155 e. The first-order valence-electron chi connectivity index (χ1n) is 29.8. The van der Waals surface area contributed by atoms with Gasteiger partial charge >= 0.3 is 0 Å². The monoisotopic (exact) mass is 1060 g/mol. The summed E-state index contributed by atoms with van der Waals surface area (Å²) in [6.45, 7) is 10.7. The highest BCUT2D eigenvalue weighted by molar-refractivity contribution is 7.15. The Hall–Kier alpha value is -7.63. The molecule has 2 saturated carbocycles. The van der Waals surface area contributed by atoms with Gasteiger partial charge in [0.25, 0.3) is 0 Å². The van der Waals surface area contributed by atoms with Crippen molar-refractivity contribution in [3.63, 3.8) is 0 Å². The first kappa shape index (κ1) is 49.4. The van der Waals surface area contributed by atoms with E-state index in [0.717, 1.165) is 0 Å². The van der Waals surface area contributed by atoms with Gasteiger partial charge in [-0.25, -0.2) is 0 Å². The van der Waals surface area contributed by atoms with E-state index in [1.54, 1.807) is 42.2 Å². The Morgan fingerprint density at radius 3 is 0.887 bits per heavy atom. The number of hydrogen-bond acceptors (Lipinski definition) is 0. The van der Waals surface area contributed by atoms with Crippen LogP contribution < -0.4 is 31.1 Å². The molecule has 0 nitrogen and oxygen atoms in total. The standard InChI is InChI=1S/C78H70Si2/c1-75-47-23-25-49-77(75,3)79(61-31-15-7-16-32-61,62-33-17-8-18-34-62)71-45-41-59(53-69(71)75)57-39-43-65-67(51-57)73(55-27-11-5-12-28-55)66-44-40-58(52-68(66)74(65)56-29-13-6-14-30-56)60-42-46-72-70(54-60)76(2)48-24-26-50-78(76,4)80(72,63-35-19-9-20-36-63)64-37-21-10-22-38-64/h5-22,27-46,51-54H,23-26,47-50H2,1-4H3. The fourth-order valence-electron chi connectivity index (χ4n) is 18.1. The molecule has 4 aliphatic rings. The zero-order chi connectivity index (χ0) is 53.9. The first-order valence-corrected chi connectivity index (χ1v) is 33.8. The quantitative estimate of drug-likeness (QED) is 0.105. The van der Waals surface area contributed by atoms with Crippen LogP contribution in [-0.4, -0.2) is 16.1 Å². The van der Waals surface area contributed by atoms with Crippen LogP contribution in [0.2, 0.25) is 10.1 Å². The van der Waals surface area contributed by atoms with Crippen molar-refractivity contribution in [2.75, 3.05) is 0 Å². The minimum Gasteiger partial charge on any atom is -0.0624 e. The van der Waals surface area contributed by atoms with Gasteiger partial charge in [0.05, 0.1) is 0 Å². The minimum atomic E-state index is -2.54. The summed E-state index contributed by atoms with van der Waals surface area (Å²) in [5.74, 6) is 0. The minimum absolute atomic E-state index is 0.0381. The Morgan fingerprint density at radius 1 is 0.263 bits per heavy atom. The molecule has 4 atom stereocenters. The van der Waals surface area contributed by atoms with E-state index in [4.69, 9.17) is 0 Å². The summed E-state index contributed by atoms with van der Waals surface area (Å²) in [6.07, 6.45) is 10.0. The maximum Gasteiger partial charge on any atom is 0.155 e. The van der Waals surface area contributed by atoms with Crippen LogP contribution in [0, 0.1) is 0 Å². The summed E-state index contributed by atoms with van der Waals surface area (Å²) >= 11 is 0. The molecule has 0 aromatic heterocycles. The van der Waals surface area contributed by atoms with Crippen molar-refractivity contribution in [3.05, 3.63) is 266 Å². The lowest BCUT2D eigenvalue weighted by Gasteiger charge is -2.54. The van der Waals surface area contributed by atoms with Crippen LogP contribution in [0.15, 0.2) is 255 Å². The van der Waals surface area contributed by atoms with Gasteiger partial charge < -0.3 is 0 Å². The lowest BCUT2D eigenvalue weighted by molar-refractivity contribution is 0.241. The Morgan fingerprint density at radius 2 is 0.550 bits per heavy atom. The second kappa shape index (κ2) is 18.5. The highest BCUT2D eigenvalue weighted by Gasteiger charge is 2.70. The van der Waals surface area contributed by atoms with Gasteiger partial charge in [-0.15, -0.1) is 0 Å². The molecule has 11 aromatic carbocycles. The molecule has 0 saturated heterocycles. The van der Waals surface area contributed by atoms with Crippen LogP contribution >= 0.6 is 0 Å². The van der Waals surface area contributed by atoms with Gasteiger partial charge in [0.2, 0.25) is 0 Å². The zero-order valence-electron chi connectivity index (χ0n) is 46.9. The lowest BCUT2D eigenvalue weighted by Crippen LogP contribution is -2.72. The van der Waals surface area contributed by atoms with E-state index in [1.165, 1.54) is 117 Å². The maximum absolute atomic E-state index is 2.70. The van der Waals surface area contributed by atoms with Crippen LogP contribution in [0.4, 0.5) is 0 Å². The lowest BCUT2D eigenvalue weighted by atomic mass is 9.64. The molecule has 11 aromatic rings. The summed E-state index contributed by atoms with van der Waals surface area (Å²) in [6, 6.07) is 99.8. The summed E-state index contributed by atoms with van der Waals surface area (Å²) in [5, 5.41) is 14.8. The molecule has 2 aliphatic heterocycles. The molecule has 0 radical (unpaired) electrons. The smallest absolute Gasteiger partial charge is 0.0624 e. The van der Waals surface area contributed by atoms with Gasteiger partial charge in [-0.2, -0.15) is 0 Å². The maximum atomic E-state index is 2.70. The number of benzene rings is 11. The zero-order valence-corrected chi connectivity index (χ0v) is 48.9. The summed E-state index contributed by atoms with van der Waals surface area (Å²) < 4.78 is 0. The average molecular weight is 1060 g/mol. The average Bonchev–Trinajstić information content (AvgIpc) is 2.17. The van der Waals surface area contributed by atoms with Gasteiger partial charge in [-0.1, -0.05) is 296 Å². The van der Waals surface area contributed by atoms with Gasteiger partial charge in [0, 0.05) is 0 Å². The summed E-state index contributed by atoms with van der Waals surface area (Å²) in [4.78, 5) is 0. The molecule has 80 heavy (non-hydrogen) atoms. The first-order chi connectivity index (χ1) is 39.2. The summed E-state index contributed by atoms with van der Waals surface area (Å²) in [7, 11) is -5.09. The predicted octanol–water partition coefficient (Wildman–Crippen LogP) is 16.8. The fourth-order valence-corrected chi connectivity index (χ4v) is 32.0. The van der Waals surface area contributed by atoms with Gasteiger partial charge in [-0.05, 0) is 167 Å². The normalized spacial score (nSPS) is 23.2.